The first-order chi connectivity index (χ1) is 21.0. The van der Waals surface area contributed by atoms with Gasteiger partial charge in [-0.1, -0.05) is 43.8 Å². The average molecular weight is 611 g/mol. The van der Waals surface area contributed by atoms with Gasteiger partial charge in [0.25, 0.3) is 5.91 Å². The number of anilines is 1. The SMILES string of the molecule is CC.CNC(=O)c1ccccc1Sc1ccc(C(=N)/C=C/c2ccccn2)c(NC=O)c1.COCCOCCOCCO. The van der Waals surface area contributed by atoms with Crippen LogP contribution in [0.3, 0.4) is 0 Å². The van der Waals surface area contributed by atoms with Crippen molar-refractivity contribution in [3.05, 3.63) is 89.8 Å². The first kappa shape index (κ1) is 37.2. The van der Waals surface area contributed by atoms with Crippen LogP contribution in [-0.2, 0) is 19.0 Å². The van der Waals surface area contributed by atoms with Crippen LogP contribution < -0.4 is 10.6 Å². The molecule has 3 rings (SSSR count). The number of nitrogens with one attached hydrogen (secondary N) is 3. The summed E-state index contributed by atoms with van der Waals surface area (Å²) < 4.78 is 14.8. The number of hydrogen-bond donors (Lipinski definition) is 4. The van der Waals surface area contributed by atoms with Gasteiger partial charge in [0.1, 0.15) is 0 Å². The van der Waals surface area contributed by atoms with Crippen LogP contribution in [0.1, 0.15) is 35.5 Å². The Morgan fingerprint density at radius 2 is 1.67 bits per heavy atom. The first-order valence-electron chi connectivity index (χ1n) is 13.8. The third-order valence-corrected chi connectivity index (χ3v) is 6.30. The highest BCUT2D eigenvalue weighted by atomic mass is 32.2. The van der Waals surface area contributed by atoms with E-state index in [9.17, 15) is 9.59 Å². The quantitative estimate of drug-likeness (QED) is 0.102. The van der Waals surface area contributed by atoms with E-state index in [-0.39, 0.29) is 18.2 Å². The van der Waals surface area contributed by atoms with Gasteiger partial charge in [-0.05, 0) is 54.6 Å². The predicted octanol–water partition coefficient (Wildman–Crippen LogP) is 4.93. The fraction of sp³-hybridized carbons (Fsp3) is 0.312. The highest BCUT2D eigenvalue weighted by molar-refractivity contribution is 7.99. The van der Waals surface area contributed by atoms with Gasteiger partial charge in [-0.3, -0.25) is 14.6 Å². The molecule has 0 atom stereocenters. The maximum Gasteiger partial charge on any atom is 0.252 e. The van der Waals surface area contributed by atoms with Crippen LogP contribution in [0.5, 0.6) is 0 Å². The van der Waals surface area contributed by atoms with Crippen molar-refractivity contribution in [2.45, 2.75) is 23.6 Å². The van der Waals surface area contributed by atoms with E-state index in [1.807, 2.05) is 56.3 Å². The second kappa shape index (κ2) is 23.7. The summed E-state index contributed by atoms with van der Waals surface area (Å²) in [5.74, 6) is -0.164. The number of ether oxygens (including phenoxy) is 3. The van der Waals surface area contributed by atoms with Crippen LogP contribution >= 0.6 is 11.8 Å². The van der Waals surface area contributed by atoms with Gasteiger partial charge in [0.15, 0.2) is 0 Å². The second-order valence-corrected chi connectivity index (χ2v) is 9.21. The third kappa shape index (κ3) is 14.7. The molecule has 2 amide bonds. The standard InChI is InChI=1S/C23H20N4O2S.C7H16O4.C2H6/c1-25-23(29)19-7-2-3-8-22(19)30-17-10-11-18(21(14-17)27-15-28)20(24)12-9-16-6-4-5-13-26-16;1-9-4-5-11-7-6-10-3-2-8;1-2/h2-15,24H,1H3,(H,25,29)(H,27,28);8H,2-7H2,1H3;1-2H3/b12-9+,24-20?;;. The lowest BCUT2D eigenvalue weighted by molar-refractivity contribution is -0.105. The number of nitrogens with zero attached hydrogens (tertiary/aromatic N) is 1. The van der Waals surface area contributed by atoms with Crippen molar-refractivity contribution in [2.24, 2.45) is 0 Å². The fourth-order valence-corrected chi connectivity index (χ4v) is 4.26. The molecule has 43 heavy (non-hydrogen) atoms. The highest BCUT2D eigenvalue weighted by Gasteiger charge is 2.12. The molecule has 0 unspecified atom stereocenters. The molecule has 3 aromatic rings. The number of rotatable bonds is 16. The molecule has 0 fully saturated rings. The molecule has 1 aromatic heterocycles. The Morgan fingerprint density at radius 3 is 2.33 bits per heavy atom. The molecule has 0 spiro atoms. The van der Waals surface area contributed by atoms with E-state index in [1.165, 1.54) is 11.8 Å². The summed E-state index contributed by atoms with van der Waals surface area (Å²) >= 11 is 1.41. The lowest BCUT2D eigenvalue weighted by Crippen LogP contribution is -2.18. The molecule has 232 valence electrons. The minimum absolute atomic E-state index is 0.0675. The predicted molar refractivity (Wildman–Crippen MR) is 172 cm³/mol. The number of allylic oxidation sites excluding steroid dienone is 1. The number of carbonyl (C=O) groups excluding carboxylic acids is 2. The van der Waals surface area contributed by atoms with E-state index >= 15 is 0 Å². The minimum atomic E-state index is -0.164. The summed E-state index contributed by atoms with van der Waals surface area (Å²) in [6, 6.07) is 18.3. The number of methoxy groups -OCH3 is 1. The molecule has 1 heterocycles. The van der Waals surface area contributed by atoms with Gasteiger partial charge in [0.05, 0.1) is 62.3 Å². The third-order valence-electron chi connectivity index (χ3n) is 5.23. The molecule has 11 heteroatoms. The van der Waals surface area contributed by atoms with E-state index in [2.05, 4.69) is 15.6 Å². The van der Waals surface area contributed by atoms with Crippen LogP contribution in [0.25, 0.3) is 6.08 Å². The van der Waals surface area contributed by atoms with Crippen molar-refractivity contribution in [1.29, 1.82) is 5.41 Å². The Bertz CT molecular complexity index is 1250. The van der Waals surface area contributed by atoms with Crippen molar-refractivity contribution in [3.8, 4) is 0 Å². The van der Waals surface area contributed by atoms with Crippen LogP contribution in [0.15, 0.2) is 82.7 Å². The lowest BCUT2D eigenvalue weighted by atomic mass is 10.1. The molecule has 0 aliphatic rings. The summed E-state index contributed by atoms with van der Waals surface area (Å²) in [7, 11) is 3.22. The van der Waals surface area contributed by atoms with Crippen molar-refractivity contribution >= 4 is 41.6 Å². The number of aromatic nitrogens is 1. The van der Waals surface area contributed by atoms with Gasteiger partial charge < -0.3 is 35.4 Å². The maximum absolute atomic E-state index is 12.1. The lowest BCUT2D eigenvalue weighted by Gasteiger charge is -2.12. The van der Waals surface area contributed by atoms with Crippen molar-refractivity contribution < 1.29 is 28.9 Å². The number of aliphatic hydroxyl groups excluding tert-OH is 1. The van der Waals surface area contributed by atoms with Crippen molar-refractivity contribution in [1.82, 2.24) is 10.3 Å². The Balaban J connectivity index is 0.000000602. The van der Waals surface area contributed by atoms with Crippen LogP contribution in [0.4, 0.5) is 5.69 Å². The number of carbonyl (C=O) groups is 2. The van der Waals surface area contributed by atoms with E-state index < -0.39 is 0 Å². The summed E-state index contributed by atoms with van der Waals surface area (Å²) in [5.41, 5.74) is 2.66. The summed E-state index contributed by atoms with van der Waals surface area (Å²) in [6.07, 6.45) is 5.66. The normalized spacial score (nSPS) is 10.2. The molecule has 0 bridgehead atoms. The average Bonchev–Trinajstić information content (AvgIpc) is 3.05. The Hall–Kier alpha value is -3.87. The molecular weight excluding hydrogens is 568 g/mol. The highest BCUT2D eigenvalue weighted by Crippen LogP contribution is 2.33. The van der Waals surface area contributed by atoms with Crippen LogP contribution in [0.2, 0.25) is 0 Å². The Labute approximate surface area is 258 Å². The van der Waals surface area contributed by atoms with Gasteiger partial charge >= 0.3 is 0 Å². The largest absolute Gasteiger partial charge is 0.394 e. The number of benzene rings is 2. The van der Waals surface area contributed by atoms with Gasteiger partial charge in [-0.15, -0.1) is 0 Å². The number of hydrogen-bond acceptors (Lipinski definition) is 9. The molecule has 0 saturated carbocycles. The summed E-state index contributed by atoms with van der Waals surface area (Å²) in [5, 5.41) is 22.0. The van der Waals surface area contributed by atoms with Gasteiger partial charge in [-0.2, -0.15) is 0 Å². The zero-order chi connectivity index (χ0) is 31.7. The van der Waals surface area contributed by atoms with E-state index in [0.29, 0.717) is 56.3 Å². The van der Waals surface area contributed by atoms with Crippen molar-refractivity contribution in [2.75, 3.05) is 59.1 Å². The van der Waals surface area contributed by atoms with Crippen LogP contribution in [-0.4, -0.2) is 81.9 Å². The van der Waals surface area contributed by atoms with Gasteiger partial charge in [0, 0.05) is 35.7 Å². The minimum Gasteiger partial charge on any atom is -0.394 e. The Morgan fingerprint density at radius 1 is 0.977 bits per heavy atom. The molecule has 2 aromatic carbocycles. The second-order valence-electron chi connectivity index (χ2n) is 8.09. The zero-order valence-corrected chi connectivity index (χ0v) is 26.0. The maximum atomic E-state index is 12.1. The Kier molecular flexibility index (Phi) is 20.4. The topological polar surface area (TPSA) is 143 Å². The van der Waals surface area contributed by atoms with E-state index in [1.54, 1.807) is 50.7 Å². The van der Waals surface area contributed by atoms with E-state index in [0.717, 1.165) is 15.5 Å². The van der Waals surface area contributed by atoms with Gasteiger partial charge in [0.2, 0.25) is 6.41 Å². The van der Waals surface area contributed by atoms with Gasteiger partial charge in [-0.25, -0.2) is 0 Å². The van der Waals surface area contributed by atoms with E-state index in [4.69, 9.17) is 24.7 Å². The smallest absolute Gasteiger partial charge is 0.252 e. The summed E-state index contributed by atoms with van der Waals surface area (Å²) in [4.78, 5) is 29.0. The van der Waals surface area contributed by atoms with Crippen molar-refractivity contribution in [3.63, 3.8) is 0 Å². The fourth-order valence-electron chi connectivity index (χ4n) is 3.27. The summed E-state index contributed by atoms with van der Waals surface area (Å²) in [6.45, 7) is 6.75. The number of aliphatic hydroxyl groups is 1. The number of amides is 2. The monoisotopic (exact) mass is 610 g/mol. The molecule has 0 aliphatic heterocycles. The first-order valence-corrected chi connectivity index (χ1v) is 14.6. The number of pyridine rings is 1. The molecular formula is C32H42N4O6S. The zero-order valence-electron chi connectivity index (χ0n) is 25.2. The molecule has 0 radical (unpaired) electrons. The molecule has 0 saturated heterocycles. The molecule has 10 nitrogen and oxygen atoms in total. The van der Waals surface area contributed by atoms with Crippen LogP contribution in [0, 0.1) is 5.41 Å². The molecule has 0 aliphatic carbocycles. The molecule has 4 N–H and O–H groups in total.